The molecule has 0 bridgehead atoms. The molecular weight excluding hydrogens is 240 g/mol. The predicted molar refractivity (Wildman–Crippen MR) is 80.1 cm³/mol. The molecule has 2 atom stereocenters. The van der Waals surface area contributed by atoms with E-state index < -0.39 is 0 Å². The molecule has 1 saturated carbocycles. The van der Waals surface area contributed by atoms with E-state index in [1.54, 1.807) is 0 Å². The SMILES string of the molecule is CCNCC(C)C(C)N(Cc1cccs1)C1CC1. The minimum Gasteiger partial charge on any atom is -0.317 e. The number of hydrogen-bond acceptors (Lipinski definition) is 3. The van der Waals surface area contributed by atoms with E-state index in [9.17, 15) is 0 Å². The Morgan fingerprint density at radius 1 is 1.44 bits per heavy atom. The first kappa shape index (κ1) is 14.0. The van der Waals surface area contributed by atoms with Crippen LogP contribution in [0.25, 0.3) is 0 Å². The zero-order valence-corrected chi connectivity index (χ0v) is 12.7. The van der Waals surface area contributed by atoms with E-state index in [0.717, 1.165) is 25.7 Å². The molecule has 3 heteroatoms. The van der Waals surface area contributed by atoms with Crippen LogP contribution in [0.5, 0.6) is 0 Å². The zero-order valence-electron chi connectivity index (χ0n) is 11.9. The Morgan fingerprint density at radius 2 is 2.22 bits per heavy atom. The van der Waals surface area contributed by atoms with E-state index in [4.69, 9.17) is 0 Å². The van der Waals surface area contributed by atoms with E-state index in [2.05, 4.69) is 48.5 Å². The van der Waals surface area contributed by atoms with Gasteiger partial charge in [-0.15, -0.1) is 11.3 Å². The fraction of sp³-hybridized carbons (Fsp3) is 0.733. The van der Waals surface area contributed by atoms with Gasteiger partial charge in [0.15, 0.2) is 0 Å². The summed E-state index contributed by atoms with van der Waals surface area (Å²) in [5.74, 6) is 0.713. The van der Waals surface area contributed by atoms with Gasteiger partial charge in [-0.3, -0.25) is 4.90 Å². The fourth-order valence-corrected chi connectivity index (χ4v) is 3.18. The minimum atomic E-state index is 0.665. The van der Waals surface area contributed by atoms with Crippen LogP contribution >= 0.6 is 11.3 Å². The summed E-state index contributed by atoms with van der Waals surface area (Å²) >= 11 is 1.89. The van der Waals surface area contributed by atoms with Gasteiger partial charge >= 0.3 is 0 Å². The molecule has 1 N–H and O–H groups in total. The van der Waals surface area contributed by atoms with Gasteiger partial charge in [0.1, 0.15) is 0 Å². The van der Waals surface area contributed by atoms with Gasteiger partial charge in [0, 0.05) is 23.5 Å². The summed E-state index contributed by atoms with van der Waals surface area (Å²) in [6, 6.07) is 5.93. The summed E-state index contributed by atoms with van der Waals surface area (Å²) in [6.07, 6.45) is 2.79. The maximum Gasteiger partial charge on any atom is 0.0333 e. The van der Waals surface area contributed by atoms with Crippen molar-refractivity contribution >= 4 is 11.3 Å². The molecule has 1 heterocycles. The molecule has 1 aliphatic carbocycles. The first-order valence-corrected chi connectivity index (χ1v) is 8.09. The highest BCUT2D eigenvalue weighted by molar-refractivity contribution is 7.09. The predicted octanol–water partition coefficient (Wildman–Crippen LogP) is 3.35. The number of rotatable bonds is 8. The molecular formula is C15H26N2S. The Hall–Kier alpha value is -0.380. The van der Waals surface area contributed by atoms with Crippen LogP contribution in [0.2, 0.25) is 0 Å². The van der Waals surface area contributed by atoms with Crippen molar-refractivity contribution in [2.45, 2.75) is 52.2 Å². The highest BCUT2D eigenvalue weighted by Crippen LogP contribution is 2.32. The second kappa shape index (κ2) is 6.69. The largest absolute Gasteiger partial charge is 0.317 e. The van der Waals surface area contributed by atoms with Gasteiger partial charge in [-0.25, -0.2) is 0 Å². The second-order valence-electron chi connectivity index (χ2n) is 5.51. The quantitative estimate of drug-likeness (QED) is 0.776. The normalized spacial score (nSPS) is 19.1. The zero-order chi connectivity index (χ0) is 13.0. The number of hydrogen-bond donors (Lipinski definition) is 1. The average molecular weight is 266 g/mol. The standard InChI is InChI=1S/C15H26N2S/c1-4-16-10-12(2)13(3)17(14-7-8-14)11-15-6-5-9-18-15/h5-6,9,12-14,16H,4,7-8,10-11H2,1-3H3. The van der Waals surface area contributed by atoms with E-state index in [1.165, 1.54) is 17.7 Å². The number of thiophene rings is 1. The molecule has 18 heavy (non-hydrogen) atoms. The highest BCUT2D eigenvalue weighted by atomic mass is 32.1. The lowest BCUT2D eigenvalue weighted by molar-refractivity contribution is 0.144. The molecule has 1 aromatic heterocycles. The molecule has 1 fully saturated rings. The van der Waals surface area contributed by atoms with E-state index in [-0.39, 0.29) is 0 Å². The molecule has 2 unspecified atom stereocenters. The summed E-state index contributed by atoms with van der Waals surface area (Å²) in [5.41, 5.74) is 0. The molecule has 0 spiro atoms. The third-order valence-electron chi connectivity index (χ3n) is 4.00. The molecule has 0 aliphatic heterocycles. The summed E-state index contributed by atoms with van der Waals surface area (Å²) in [5, 5.41) is 5.67. The molecule has 0 saturated heterocycles. The minimum absolute atomic E-state index is 0.665. The molecule has 0 radical (unpaired) electrons. The van der Waals surface area contributed by atoms with Crippen molar-refractivity contribution in [3.63, 3.8) is 0 Å². The molecule has 2 rings (SSSR count). The summed E-state index contributed by atoms with van der Waals surface area (Å²) < 4.78 is 0. The molecule has 1 aromatic rings. The van der Waals surface area contributed by atoms with E-state index in [0.29, 0.717) is 12.0 Å². The van der Waals surface area contributed by atoms with Gasteiger partial charge < -0.3 is 5.32 Å². The Bertz CT molecular complexity index is 332. The summed E-state index contributed by atoms with van der Waals surface area (Å²) in [7, 11) is 0. The average Bonchev–Trinajstić information content (AvgIpc) is 3.09. The Balaban J connectivity index is 1.92. The number of nitrogens with one attached hydrogen (secondary N) is 1. The van der Waals surface area contributed by atoms with Crippen LogP contribution < -0.4 is 5.32 Å². The van der Waals surface area contributed by atoms with Crippen molar-refractivity contribution in [2.75, 3.05) is 13.1 Å². The van der Waals surface area contributed by atoms with Crippen LogP contribution in [0.1, 0.15) is 38.5 Å². The maximum absolute atomic E-state index is 3.48. The third-order valence-corrected chi connectivity index (χ3v) is 4.86. The monoisotopic (exact) mass is 266 g/mol. The van der Waals surface area contributed by atoms with Crippen LogP contribution in [0.3, 0.4) is 0 Å². The highest BCUT2D eigenvalue weighted by Gasteiger charge is 2.34. The van der Waals surface area contributed by atoms with Gasteiger partial charge in [0.05, 0.1) is 0 Å². The van der Waals surface area contributed by atoms with Crippen LogP contribution in [-0.2, 0) is 6.54 Å². The Morgan fingerprint density at radius 3 is 2.78 bits per heavy atom. The lowest BCUT2D eigenvalue weighted by Gasteiger charge is -2.33. The molecule has 2 nitrogen and oxygen atoms in total. The first-order valence-electron chi connectivity index (χ1n) is 7.21. The van der Waals surface area contributed by atoms with Crippen molar-refractivity contribution in [1.29, 1.82) is 0 Å². The number of nitrogens with zero attached hydrogens (tertiary/aromatic N) is 1. The second-order valence-corrected chi connectivity index (χ2v) is 6.54. The summed E-state index contributed by atoms with van der Waals surface area (Å²) in [4.78, 5) is 4.22. The topological polar surface area (TPSA) is 15.3 Å². The van der Waals surface area contributed by atoms with Gasteiger partial charge in [-0.1, -0.05) is 19.9 Å². The van der Waals surface area contributed by atoms with Crippen LogP contribution in [0.4, 0.5) is 0 Å². The van der Waals surface area contributed by atoms with Crippen LogP contribution in [0, 0.1) is 5.92 Å². The van der Waals surface area contributed by atoms with E-state index in [1.807, 2.05) is 11.3 Å². The van der Waals surface area contributed by atoms with Gasteiger partial charge in [-0.05, 0) is 50.2 Å². The van der Waals surface area contributed by atoms with Crippen molar-refractivity contribution < 1.29 is 0 Å². The van der Waals surface area contributed by atoms with Crippen molar-refractivity contribution in [1.82, 2.24) is 10.2 Å². The van der Waals surface area contributed by atoms with Gasteiger partial charge in [0.25, 0.3) is 0 Å². The molecule has 0 aromatic carbocycles. The Labute approximate surface area is 115 Å². The lowest BCUT2D eigenvalue weighted by atomic mass is 10.0. The van der Waals surface area contributed by atoms with Crippen molar-refractivity contribution in [3.05, 3.63) is 22.4 Å². The van der Waals surface area contributed by atoms with Crippen LogP contribution in [-0.4, -0.2) is 30.1 Å². The van der Waals surface area contributed by atoms with E-state index >= 15 is 0 Å². The first-order chi connectivity index (χ1) is 8.72. The van der Waals surface area contributed by atoms with Crippen molar-refractivity contribution in [3.8, 4) is 0 Å². The molecule has 102 valence electrons. The Kier molecular flexibility index (Phi) is 5.22. The third kappa shape index (κ3) is 3.81. The van der Waals surface area contributed by atoms with Gasteiger partial charge in [-0.2, -0.15) is 0 Å². The lowest BCUT2D eigenvalue weighted by Crippen LogP contribution is -2.42. The maximum atomic E-state index is 3.48. The smallest absolute Gasteiger partial charge is 0.0333 e. The van der Waals surface area contributed by atoms with Crippen molar-refractivity contribution in [2.24, 2.45) is 5.92 Å². The van der Waals surface area contributed by atoms with Gasteiger partial charge in [0.2, 0.25) is 0 Å². The molecule has 0 amide bonds. The van der Waals surface area contributed by atoms with Crippen LogP contribution in [0.15, 0.2) is 17.5 Å². The summed E-state index contributed by atoms with van der Waals surface area (Å²) in [6.45, 7) is 10.3. The molecule has 1 aliphatic rings. The fourth-order valence-electron chi connectivity index (χ4n) is 2.46.